The first-order chi connectivity index (χ1) is 7.42. The maximum Gasteiger partial charge on any atom is 0.0601 e. The largest absolute Gasteiger partial charge is 0.395 e. The van der Waals surface area contributed by atoms with Gasteiger partial charge in [-0.25, -0.2) is 0 Å². The predicted octanol–water partition coefficient (Wildman–Crippen LogP) is 1.70. The third kappa shape index (κ3) is 5.83. The number of hydrogen-bond acceptors (Lipinski definition) is 3. The van der Waals surface area contributed by atoms with Gasteiger partial charge in [0.15, 0.2) is 0 Å². The second-order valence-electron chi connectivity index (χ2n) is 5.56. The Balaban J connectivity index is 4.54. The molecule has 0 aromatic carbocycles. The van der Waals surface area contributed by atoms with Crippen molar-refractivity contribution in [1.29, 1.82) is 0 Å². The summed E-state index contributed by atoms with van der Waals surface area (Å²) in [4.78, 5) is 2.35. The molecule has 0 aromatic rings. The normalized spacial score (nSPS) is 16.1. The smallest absolute Gasteiger partial charge is 0.0601 e. The molecule has 0 fully saturated rings. The Morgan fingerprint density at radius 3 is 1.75 bits per heavy atom. The Kier molecular flexibility index (Phi) is 7.98. The van der Waals surface area contributed by atoms with Gasteiger partial charge in [-0.15, -0.1) is 0 Å². The van der Waals surface area contributed by atoms with E-state index in [-0.39, 0.29) is 18.7 Å². The van der Waals surface area contributed by atoms with Crippen molar-refractivity contribution in [2.24, 2.45) is 17.6 Å². The van der Waals surface area contributed by atoms with Crippen LogP contribution < -0.4 is 5.73 Å². The molecule has 3 nitrogen and oxygen atoms in total. The molecule has 0 saturated heterocycles. The number of nitrogens with two attached hydrogens (primary N) is 1. The molecule has 0 amide bonds. The van der Waals surface area contributed by atoms with Gasteiger partial charge in [0.05, 0.1) is 6.61 Å². The van der Waals surface area contributed by atoms with Crippen LogP contribution in [0.5, 0.6) is 0 Å². The first-order valence-electron chi connectivity index (χ1n) is 6.52. The molecular formula is C13H30N2O. The summed E-state index contributed by atoms with van der Waals surface area (Å²) in [7, 11) is 0. The Labute approximate surface area is 101 Å². The van der Waals surface area contributed by atoms with Crippen LogP contribution in [0.4, 0.5) is 0 Å². The Hall–Kier alpha value is -0.120. The first-order valence-corrected chi connectivity index (χ1v) is 6.52. The molecular weight excluding hydrogens is 200 g/mol. The molecule has 0 aliphatic heterocycles. The molecule has 0 aliphatic rings. The van der Waals surface area contributed by atoms with Crippen molar-refractivity contribution < 1.29 is 5.11 Å². The van der Waals surface area contributed by atoms with Gasteiger partial charge in [0.1, 0.15) is 0 Å². The Morgan fingerprint density at radius 2 is 1.50 bits per heavy atom. The topological polar surface area (TPSA) is 49.5 Å². The summed E-state index contributed by atoms with van der Waals surface area (Å²) in [6.45, 7) is 13.1. The molecule has 0 rings (SSSR count). The van der Waals surface area contributed by atoms with E-state index in [1.54, 1.807) is 0 Å². The van der Waals surface area contributed by atoms with Crippen molar-refractivity contribution >= 4 is 0 Å². The Morgan fingerprint density at radius 1 is 1.06 bits per heavy atom. The third-order valence-corrected chi connectivity index (χ3v) is 2.82. The molecule has 3 heteroatoms. The lowest BCUT2D eigenvalue weighted by Crippen LogP contribution is -2.52. The standard InChI is InChI=1S/C13H30N2O/c1-6-12(14)13(9-16)15(7-10(2)3)8-11(4)5/h10-13,16H,6-9,14H2,1-5H3. The fourth-order valence-electron chi connectivity index (χ4n) is 2.08. The van der Waals surface area contributed by atoms with E-state index in [4.69, 9.17) is 5.73 Å². The van der Waals surface area contributed by atoms with Crippen molar-refractivity contribution in [2.75, 3.05) is 19.7 Å². The van der Waals surface area contributed by atoms with Gasteiger partial charge in [0.2, 0.25) is 0 Å². The first kappa shape index (κ1) is 15.9. The second-order valence-corrected chi connectivity index (χ2v) is 5.56. The summed E-state index contributed by atoms with van der Waals surface area (Å²) >= 11 is 0. The maximum atomic E-state index is 9.50. The number of rotatable bonds is 8. The minimum atomic E-state index is 0.0718. The summed E-state index contributed by atoms with van der Waals surface area (Å²) in [6.07, 6.45) is 0.915. The molecule has 3 N–H and O–H groups in total. The lowest BCUT2D eigenvalue weighted by Gasteiger charge is -2.36. The average molecular weight is 230 g/mol. The molecule has 2 atom stereocenters. The van der Waals surface area contributed by atoms with Gasteiger partial charge in [-0.1, -0.05) is 34.6 Å². The van der Waals surface area contributed by atoms with Gasteiger partial charge in [0, 0.05) is 25.2 Å². The summed E-state index contributed by atoms with van der Waals surface area (Å²) in [6, 6.07) is 0.178. The molecule has 0 heterocycles. The molecule has 0 spiro atoms. The molecule has 0 aliphatic carbocycles. The summed E-state index contributed by atoms with van der Waals surface area (Å²) in [5, 5.41) is 9.50. The van der Waals surface area contributed by atoms with Crippen molar-refractivity contribution in [3.05, 3.63) is 0 Å². The zero-order chi connectivity index (χ0) is 12.7. The van der Waals surface area contributed by atoms with Crippen molar-refractivity contribution in [3.8, 4) is 0 Å². The number of aliphatic hydroxyl groups excluding tert-OH is 1. The van der Waals surface area contributed by atoms with Crippen LogP contribution in [0.2, 0.25) is 0 Å². The fraction of sp³-hybridized carbons (Fsp3) is 1.00. The van der Waals surface area contributed by atoms with E-state index in [2.05, 4.69) is 39.5 Å². The van der Waals surface area contributed by atoms with Crippen LogP contribution in [0.1, 0.15) is 41.0 Å². The van der Waals surface area contributed by atoms with Crippen LogP contribution in [0, 0.1) is 11.8 Å². The van der Waals surface area contributed by atoms with Crippen LogP contribution in [-0.4, -0.2) is 41.8 Å². The molecule has 16 heavy (non-hydrogen) atoms. The van der Waals surface area contributed by atoms with Gasteiger partial charge in [-0.2, -0.15) is 0 Å². The lowest BCUT2D eigenvalue weighted by molar-refractivity contribution is 0.0823. The maximum absolute atomic E-state index is 9.50. The van der Waals surface area contributed by atoms with E-state index in [0.29, 0.717) is 11.8 Å². The van der Waals surface area contributed by atoms with E-state index in [1.807, 2.05) is 0 Å². The zero-order valence-electron chi connectivity index (χ0n) is 11.6. The quantitative estimate of drug-likeness (QED) is 0.667. The molecule has 0 aromatic heterocycles. The van der Waals surface area contributed by atoms with Crippen molar-refractivity contribution in [2.45, 2.75) is 53.1 Å². The zero-order valence-corrected chi connectivity index (χ0v) is 11.6. The van der Waals surface area contributed by atoms with Gasteiger partial charge in [-0.05, 0) is 18.3 Å². The van der Waals surface area contributed by atoms with E-state index >= 15 is 0 Å². The monoisotopic (exact) mass is 230 g/mol. The highest BCUT2D eigenvalue weighted by Crippen LogP contribution is 2.12. The SMILES string of the molecule is CCC(N)C(CO)N(CC(C)C)CC(C)C. The highest BCUT2D eigenvalue weighted by Gasteiger charge is 2.24. The minimum Gasteiger partial charge on any atom is -0.395 e. The predicted molar refractivity (Wildman–Crippen MR) is 70.4 cm³/mol. The average Bonchev–Trinajstić information content (AvgIpc) is 2.16. The van der Waals surface area contributed by atoms with Gasteiger partial charge < -0.3 is 10.8 Å². The van der Waals surface area contributed by atoms with Gasteiger partial charge in [0.25, 0.3) is 0 Å². The number of nitrogens with zero attached hydrogens (tertiary/aromatic N) is 1. The summed E-state index contributed by atoms with van der Waals surface area (Å²) in [5.41, 5.74) is 6.08. The highest BCUT2D eigenvalue weighted by atomic mass is 16.3. The molecule has 0 saturated carbocycles. The van der Waals surface area contributed by atoms with E-state index in [1.165, 1.54) is 0 Å². The summed E-state index contributed by atoms with van der Waals surface area (Å²) in [5.74, 6) is 1.22. The molecule has 0 radical (unpaired) electrons. The van der Waals surface area contributed by atoms with E-state index in [9.17, 15) is 5.11 Å². The van der Waals surface area contributed by atoms with Crippen molar-refractivity contribution in [1.82, 2.24) is 4.90 Å². The summed E-state index contributed by atoms with van der Waals surface area (Å²) < 4.78 is 0. The fourth-order valence-corrected chi connectivity index (χ4v) is 2.08. The van der Waals surface area contributed by atoms with E-state index in [0.717, 1.165) is 19.5 Å². The van der Waals surface area contributed by atoms with Crippen molar-refractivity contribution in [3.63, 3.8) is 0 Å². The lowest BCUT2D eigenvalue weighted by atomic mass is 10.0. The van der Waals surface area contributed by atoms with Crippen LogP contribution >= 0.6 is 0 Å². The Bertz CT molecular complexity index is 161. The number of hydrogen-bond donors (Lipinski definition) is 2. The van der Waals surface area contributed by atoms with Gasteiger partial charge >= 0.3 is 0 Å². The second kappa shape index (κ2) is 8.04. The van der Waals surface area contributed by atoms with E-state index < -0.39 is 0 Å². The van der Waals surface area contributed by atoms with Gasteiger partial charge in [-0.3, -0.25) is 4.90 Å². The molecule has 0 bridgehead atoms. The highest BCUT2D eigenvalue weighted by molar-refractivity contribution is 4.82. The third-order valence-electron chi connectivity index (χ3n) is 2.82. The molecule has 98 valence electrons. The van der Waals surface area contributed by atoms with Crippen LogP contribution in [-0.2, 0) is 0 Å². The van der Waals surface area contributed by atoms with Crippen LogP contribution in [0.3, 0.4) is 0 Å². The molecule has 2 unspecified atom stereocenters. The van der Waals surface area contributed by atoms with Crippen LogP contribution in [0.25, 0.3) is 0 Å². The minimum absolute atomic E-state index is 0.0718. The van der Waals surface area contributed by atoms with Crippen LogP contribution in [0.15, 0.2) is 0 Å². The number of aliphatic hydroxyl groups is 1.